The summed E-state index contributed by atoms with van der Waals surface area (Å²) in [5.41, 5.74) is 3.60. The Hall–Kier alpha value is 0.750. The Labute approximate surface area is 117 Å². The van der Waals surface area contributed by atoms with E-state index in [0.717, 1.165) is 6.92 Å². The smallest absolute Gasteiger partial charge is 0.273 e. The number of hydrogen-bond acceptors (Lipinski definition) is 6. The van der Waals surface area contributed by atoms with Gasteiger partial charge in [0.1, 0.15) is 4.75 Å². The first-order chi connectivity index (χ1) is 6.74. The van der Waals surface area contributed by atoms with Gasteiger partial charge in [-0.05, 0) is 6.92 Å². The molecule has 7 nitrogen and oxygen atoms in total. The molecule has 6 N–H and O–H groups in total. The van der Waals surface area contributed by atoms with Crippen molar-refractivity contribution in [1.29, 1.82) is 0 Å². The van der Waals surface area contributed by atoms with Crippen LogP contribution in [0.25, 0.3) is 0 Å². The van der Waals surface area contributed by atoms with Gasteiger partial charge in [0.05, 0.1) is 25.2 Å². The Kier molecular flexibility index (Phi) is 7.90. The van der Waals surface area contributed by atoms with Gasteiger partial charge < -0.3 is 21.1 Å². The van der Waals surface area contributed by atoms with Crippen LogP contribution in [-0.2, 0) is 10.1 Å². The van der Waals surface area contributed by atoms with Crippen molar-refractivity contribution in [2.45, 2.75) is 11.7 Å². The molecule has 0 aromatic rings. The molecule has 1 unspecified atom stereocenters. The predicted molar refractivity (Wildman–Crippen MR) is 58.5 cm³/mol. The summed E-state index contributed by atoms with van der Waals surface area (Å²) in [4.78, 5) is 0. The largest absolute Gasteiger partial charge is 0.396 e. The minimum absolute atomic E-state index is 0. The van der Waals surface area contributed by atoms with Gasteiger partial charge in [-0.1, -0.05) is 0 Å². The summed E-state index contributed by atoms with van der Waals surface area (Å²) in [5.74, 6) is 0. The molecular formula is C7H17NNaO6S. The van der Waals surface area contributed by atoms with E-state index in [-0.39, 0.29) is 29.6 Å². The SMILES string of the molecule is CC(CO)(C(CN)(CO)CO)S(=O)(=O)O.[Na]. The average Bonchev–Trinajstić information content (AvgIpc) is 2.19. The van der Waals surface area contributed by atoms with E-state index in [2.05, 4.69) is 0 Å². The summed E-state index contributed by atoms with van der Waals surface area (Å²) < 4.78 is 29.2. The van der Waals surface area contributed by atoms with Gasteiger partial charge in [0.2, 0.25) is 0 Å². The molecule has 0 saturated heterocycles. The second kappa shape index (κ2) is 6.62. The first kappa shape index (κ1) is 19.1. The Morgan fingerprint density at radius 3 is 1.56 bits per heavy atom. The van der Waals surface area contributed by atoms with Crippen LogP contribution in [0.1, 0.15) is 6.92 Å². The van der Waals surface area contributed by atoms with Gasteiger partial charge >= 0.3 is 0 Å². The molecule has 1 radical (unpaired) electrons. The second-order valence-electron chi connectivity index (χ2n) is 3.66. The molecule has 0 spiro atoms. The Morgan fingerprint density at radius 2 is 1.50 bits per heavy atom. The number of rotatable bonds is 6. The summed E-state index contributed by atoms with van der Waals surface area (Å²) in [7, 11) is -4.66. The van der Waals surface area contributed by atoms with Crippen LogP contribution >= 0.6 is 0 Å². The van der Waals surface area contributed by atoms with E-state index < -0.39 is 46.6 Å². The summed E-state index contributed by atoms with van der Waals surface area (Å²) in [6.07, 6.45) is 0. The third-order valence-corrected chi connectivity index (χ3v) is 4.69. The van der Waals surface area contributed by atoms with Gasteiger partial charge in [0.25, 0.3) is 10.1 Å². The molecule has 0 aromatic carbocycles. The van der Waals surface area contributed by atoms with E-state index in [4.69, 9.17) is 25.6 Å². The topological polar surface area (TPSA) is 141 Å². The zero-order valence-electron chi connectivity index (χ0n) is 9.42. The van der Waals surface area contributed by atoms with Gasteiger partial charge in [0, 0.05) is 36.1 Å². The number of aliphatic hydroxyl groups is 3. The van der Waals surface area contributed by atoms with Crippen molar-refractivity contribution in [3.63, 3.8) is 0 Å². The quantitative estimate of drug-likeness (QED) is 0.258. The molecule has 0 aliphatic carbocycles. The number of nitrogens with two attached hydrogens (primary N) is 1. The first-order valence-electron chi connectivity index (χ1n) is 4.24. The molecule has 0 aliphatic heterocycles. The van der Waals surface area contributed by atoms with Crippen LogP contribution < -0.4 is 5.73 Å². The van der Waals surface area contributed by atoms with Crippen LogP contribution in [0.2, 0.25) is 0 Å². The third kappa shape index (κ3) is 2.95. The molecule has 93 valence electrons. The fraction of sp³-hybridized carbons (Fsp3) is 1.00. The van der Waals surface area contributed by atoms with Crippen molar-refractivity contribution in [1.82, 2.24) is 0 Å². The molecule has 0 aromatic heterocycles. The van der Waals surface area contributed by atoms with Crippen LogP contribution in [0.5, 0.6) is 0 Å². The number of hydrogen-bond donors (Lipinski definition) is 5. The number of aliphatic hydroxyl groups excluding tert-OH is 3. The Bertz CT molecular complexity index is 296. The summed E-state index contributed by atoms with van der Waals surface area (Å²) >= 11 is 0. The van der Waals surface area contributed by atoms with Gasteiger partial charge in [-0.3, -0.25) is 4.55 Å². The molecule has 0 saturated carbocycles. The average molecular weight is 266 g/mol. The zero-order chi connectivity index (χ0) is 12.3. The van der Waals surface area contributed by atoms with Crippen molar-refractivity contribution in [2.24, 2.45) is 11.1 Å². The van der Waals surface area contributed by atoms with Crippen LogP contribution in [0.3, 0.4) is 0 Å². The van der Waals surface area contributed by atoms with Crippen LogP contribution in [0, 0.1) is 5.41 Å². The van der Waals surface area contributed by atoms with Crippen LogP contribution in [-0.4, -0.2) is 89.0 Å². The van der Waals surface area contributed by atoms with E-state index >= 15 is 0 Å². The molecule has 9 heteroatoms. The Balaban J connectivity index is 0. The normalized spacial score (nSPS) is 16.4. The van der Waals surface area contributed by atoms with Crippen molar-refractivity contribution >= 4 is 39.7 Å². The summed E-state index contributed by atoms with van der Waals surface area (Å²) in [6, 6.07) is 0. The molecule has 0 fully saturated rings. The molecule has 0 heterocycles. The van der Waals surface area contributed by atoms with E-state index in [1.54, 1.807) is 0 Å². The minimum Gasteiger partial charge on any atom is -0.396 e. The fourth-order valence-corrected chi connectivity index (χ4v) is 2.18. The van der Waals surface area contributed by atoms with E-state index in [1.165, 1.54) is 0 Å². The van der Waals surface area contributed by atoms with Gasteiger partial charge in [-0.15, -0.1) is 0 Å². The van der Waals surface area contributed by atoms with E-state index in [1.807, 2.05) is 0 Å². The van der Waals surface area contributed by atoms with E-state index in [0.29, 0.717) is 0 Å². The van der Waals surface area contributed by atoms with Gasteiger partial charge in [0.15, 0.2) is 0 Å². The molecule has 16 heavy (non-hydrogen) atoms. The zero-order valence-corrected chi connectivity index (χ0v) is 12.2. The summed E-state index contributed by atoms with van der Waals surface area (Å²) in [5, 5.41) is 27.2. The maximum Gasteiger partial charge on any atom is 0.273 e. The fourth-order valence-electron chi connectivity index (χ4n) is 1.25. The van der Waals surface area contributed by atoms with Crippen LogP contribution in [0.15, 0.2) is 0 Å². The maximum atomic E-state index is 11.1. The standard InChI is InChI=1S/C7H17NO6S.Na/c1-6(3-9,15(12,13)14)7(2-8,4-10)5-11;/h9-11H,2-5,8H2,1H3,(H,12,13,14);. The molecule has 0 aliphatic rings. The molecule has 0 bridgehead atoms. The molecular weight excluding hydrogens is 249 g/mol. The monoisotopic (exact) mass is 266 g/mol. The van der Waals surface area contributed by atoms with Gasteiger partial charge in [-0.2, -0.15) is 8.42 Å². The maximum absolute atomic E-state index is 11.1. The third-order valence-electron chi connectivity index (χ3n) is 2.99. The van der Waals surface area contributed by atoms with Crippen LogP contribution in [0.4, 0.5) is 0 Å². The first-order valence-corrected chi connectivity index (χ1v) is 5.68. The van der Waals surface area contributed by atoms with Crippen molar-refractivity contribution in [3.05, 3.63) is 0 Å². The molecule has 0 amide bonds. The summed E-state index contributed by atoms with van der Waals surface area (Å²) in [6.45, 7) is -1.86. The van der Waals surface area contributed by atoms with Crippen molar-refractivity contribution in [2.75, 3.05) is 26.4 Å². The second-order valence-corrected chi connectivity index (χ2v) is 5.52. The predicted octanol–water partition coefficient (Wildman–Crippen LogP) is -2.83. The van der Waals surface area contributed by atoms with Crippen molar-refractivity contribution < 1.29 is 28.3 Å². The Morgan fingerprint density at radius 1 is 1.12 bits per heavy atom. The minimum atomic E-state index is -4.66. The molecule has 0 rings (SSSR count). The van der Waals surface area contributed by atoms with Gasteiger partial charge in [-0.25, -0.2) is 0 Å². The van der Waals surface area contributed by atoms with E-state index in [9.17, 15) is 8.42 Å². The van der Waals surface area contributed by atoms with Crippen molar-refractivity contribution in [3.8, 4) is 0 Å². The molecule has 1 atom stereocenters.